The number of carbonyl (C=O) groups is 13. The van der Waals surface area contributed by atoms with E-state index in [9.17, 15) is 77.6 Å². The van der Waals surface area contributed by atoms with Crippen molar-refractivity contribution in [2.24, 2.45) is 28.1 Å². The predicted octanol–water partition coefficient (Wildman–Crippen LogP) is -3.13. The molecular weight excluding hydrogens is 1350 g/mol. The highest BCUT2D eigenvalue weighted by atomic mass is 32.1. The summed E-state index contributed by atoms with van der Waals surface area (Å²) in [5.74, 6) is -11.7. The largest absolute Gasteiger partial charge is 0.508 e. The lowest BCUT2D eigenvalue weighted by molar-refractivity contribution is -0.146. The first-order valence-corrected chi connectivity index (χ1v) is 34.0. The van der Waals surface area contributed by atoms with E-state index in [1.165, 1.54) is 58.8 Å². The fourth-order valence-electron chi connectivity index (χ4n) is 10.6. The first-order chi connectivity index (χ1) is 47.5. The molecule has 4 rings (SSSR count). The third kappa shape index (κ3) is 27.8. The van der Waals surface area contributed by atoms with Crippen molar-refractivity contribution < 1.29 is 77.6 Å². The molecular formula is C67H98N16O16S2. The van der Waals surface area contributed by atoms with E-state index < -0.39 is 168 Å². The molecule has 3 aromatic rings. The van der Waals surface area contributed by atoms with Gasteiger partial charge in [0.1, 0.15) is 60.1 Å². The number of guanidine groups is 1. The molecule has 12 amide bonds. The van der Waals surface area contributed by atoms with Crippen LogP contribution in [0.3, 0.4) is 0 Å². The Kier molecular flexibility index (Phi) is 33.8. The number of rotatable bonds is 39. The molecule has 101 heavy (non-hydrogen) atoms. The molecule has 34 heteroatoms. The van der Waals surface area contributed by atoms with Gasteiger partial charge in [-0.15, -0.1) is 0 Å². The second-order valence-corrected chi connectivity index (χ2v) is 27.2. The number of aliphatic imine (C=N–C) groups is 1. The molecule has 0 aliphatic carbocycles. The maximum absolute atomic E-state index is 14.4. The minimum Gasteiger partial charge on any atom is -0.508 e. The third-order valence-electron chi connectivity index (χ3n) is 16.3. The molecule has 3 aromatic carbocycles. The lowest BCUT2D eigenvalue weighted by Crippen LogP contribution is -2.63. The summed E-state index contributed by atoms with van der Waals surface area (Å²) in [5.41, 5.74) is 18.7. The molecule has 0 bridgehead atoms. The smallest absolute Gasteiger partial charge is 0.327 e. The topological polar surface area (TPSA) is 491 Å². The van der Waals surface area contributed by atoms with Gasteiger partial charge in [-0.3, -0.25) is 62.5 Å². The number of aliphatic carboxylic acids is 1. The number of aliphatic hydroxyl groups excluding tert-OH is 1. The van der Waals surface area contributed by atoms with Crippen LogP contribution in [-0.2, 0) is 81.6 Å². The summed E-state index contributed by atoms with van der Waals surface area (Å²) in [6.45, 7) is 7.34. The normalized spacial score (nSPS) is 15.7. The van der Waals surface area contributed by atoms with Crippen molar-refractivity contribution in [2.75, 3.05) is 52.6 Å². The first-order valence-electron chi connectivity index (χ1n) is 32.9. The van der Waals surface area contributed by atoms with E-state index in [1.54, 1.807) is 86.6 Å². The van der Waals surface area contributed by atoms with Crippen LogP contribution in [0.1, 0.15) is 90.3 Å². The molecule has 11 atom stereocenters. The zero-order valence-corrected chi connectivity index (χ0v) is 59.8. The summed E-state index contributed by atoms with van der Waals surface area (Å²) in [6, 6.07) is 9.81. The highest BCUT2D eigenvalue weighted by molar-refractivity contribution is 7.81. The average Bonchev–Trinajstić information content (AvgIpc) is 1.79. The summed E-state index contributed by atoms with van der Waals surface area (Å²) in [6.07, 6.45) is -0.620. The van der Waals surface area contributed by atoms with Crippen LogP contribution in [-0.4, -0.2) is 237 Å². The Balaban J connectivity index is 1.39. The number of phenols is 1. The second kappa shape index (κ2) is 40.6. The standard InChI is InChI=1S/C67H98N16O16S2/c1-37(2)29-50(61(94)77-47(32-42-23-25-43(85)26-24-42)64(97)83-28-16-22-49(83)60(93)78-48(36-100)65(98)99)82(8)53(88)35-81(7)52(87)34-73-58(91)45(30-40-17-11-9-12-18-40)75-56(89)38(3)74-51(86)33-72-62(95)54(39(4)84)79-63(96)55(67(5,6)101)80-59(92)46(31-41-19-13-10-14-20-41)76-57(90)44(68)21-15-27-71-66(69)70/h9-14,17-20,23-26,37-39,44-50,54-55,84-85,100-101H,15-16,21-22,27-36,68H2,1-8H3,(H,72,95)(H,73,91)(H,74,86)(H,75,89)(H,76,90)(H,77,94)(H,78,93)(H,79,96)(H,80,92)(H,98,99)(H4,69,70,71)/t38-,39+,44-,45-,46-,47-,48-,49-,50-,54-,55+/m0/s1. The van der Waals surface area contributed by atoms with Gasteiger partial charge in [-0.25, -0.2) is 4.79 Å². The Morgan fingerprint density at radius 3 is 1.74 bits per heavy atom. The monoisotopic (exact) mass is 1450 g/mol. The van der Waals surface area contributed by atoms with E-state index in [1.807, 2.05) is 0 Å². The van der Waals surface area contributed by atoms with Crippen molar-refractivity contribution in [3.63, 3.8) is 0 Å². The van der Waals surface area contributed by atoms with Gasteiger partial charge in [0.25, 0.3) is 0 Å². The first kappa shape index (κ1) is 83.9. The molecule has 0 spiro atoms. The number of nitrogens with one attached hydrogen (secondary N) is 9. The molecule has 18 N–H and O–H groups in total. The number of nitrogens with zero attached hydrogens (tertiary/aromatic N) is 4. The average molecular weight is 1450 g/mol. The molecule has 1 heterocycles. The summed E-state index contributed by atoms with van der Waals surface area (Å²) in [4.78, 5) is 185. The molecule has 0 saturated carbocycles. The van der Waals surface area contributed by atoms with E-state index >= 15 is 0 Å². The minimum atomic E-state index is -1.72. The van der Waals surface area contributed by atoms with Gasteiger partial charge in [0.2, 0.25) is 70.9 Å². The molecule has 32 nitrogen and oxygen atoms in total. The predicted molar refractivity (Wildman–Crippen MR) is 380 cm³/mol. The van der Waals surface area contributed by atoms with Gasteiger partial charge in [-0.05, 0) is 94.5 Å². The van der Waals surface area contributed by atoms with Gasteiger partial charge in [0.05, 0.1) is 31.8 Å². The van der Waals surface area contributed by atoms with Gasteiger partial charge in [-0.2, -0.15) is 25.3 Å². The van der Waals surface area contributed by atoms with Crippen molar-refractivity contribution in [2.45, 2.75) is 164 Å². The Morgan fingerprint density at radius 2 is 1.20 bits per heavy atom. The molecule has 554 valence electrons. The number of likely N-dealkylation sites (tertiary alicyclic amines) is 1. The van der Waals surface area contributed by atoms with Crippen LogP contribution in [0.5, 0.6) is 5.75 Å². The summed E-state index contributed by atoms with van der Waals surface area (Å²) < 4.78 is -1.34. The lowest BCUT2D eigenvalue weighted by atomic mass is 9.99. The lowest BCUT2D eigenvalue weighted by Gasteiger charge is -2.33. The van der Waals surface area contributed by atoms with Crippen LogP contribution in [0.25, 0.3) is 0 Å². The molecule has 0 radical (unpaired) electrons. The number of carboxylic acids is 1. The quantitative estimate of drug-likeness (QED) is 0.0116. The highest BCUT2D eigenvalue weighted by Crippen LogP contribution is 2.23. The van der Waals surface area contributed by atoms with Gasteiger partial charge in [0, 0.05) is 56.9 Å². The van der Waals surface area contributed by atoms with Gasteiger partial charge in [0.15, 0.2) is 5.96 Å². The van der Waals surface area contributed by atoms with Crippen LogP contribution in [0.15, 0.2) is 89.9 Å². The number of hydrogen-bond donors (Lipinski definition) is 17. The number of amides is 12. The third-order valence-corrected chi connectivity index (χ3v) is 17.0. The zero-order chi connectivity index (χ0) is 75.4. The molecule has 0 aromatic heterocycles. The Bertz CT molecular complexity index is 3380. The number of phenolic OH excluding ortho intramolecular Hbond substituents is 1. The fraction of sp³-hybridized carbons (Fsp3) is 0.522. The number of aliphatic hydroxyl groups is 1. The molecule has 1 fully saturated rings. The van der Waals surface area contributed by atoms with Gasteiger partial charge >= 0.3 is 5.97 Å². The van der Waals surface area contributed by atoms with Crippen molar-refractivity contribution in [3.8, 4) is 5.75 Å². The highest BCUT2D eigenvalue weighted by Gasteiger charge is 2.42. The fourth-order valence-corrected chi connectivity index (χ4v) is 11.0. The molecule has 1 saturated heterocycles. The van der Waals surface area contributed by atoms with Crippen LogP contribution in [0, 0.1) is 5.92 Å². The summed E-state index contributed by atoms with van der Waals surface area (Å²) >= 11 is 8.57. The van der Waals surface area contributed by atoms with Crippen LogP contribution >= 0.6 is 25.3 Å². The van der Waals surface area contributed by atoms with E-state index in [0.717, 1.165) is 9.80 Å². The SMILES string of the molecule is CC(C)C[C@@H](C(=O)N[C@@H](Cc1ccc(O)cc1)C(=O)N1CCC[C@H]1C(=O)N[C@@H](CS)C(=O)O)N(C)C(=O)CN(C)C(=O)CNC(=O)[C@H](Cc1ccccc1)NC(=O)[C@H](C)NC(=O)CNC(=O)[C@@H](NC(=O)[C@@H](NC(=O)[C@H](Cc1ccccc1)NC(=O)[C@@H](N)CCCN=C(N)N)C(C)(C)S)[C@@H](C)O. The Morgan fingerprint density at radius 1 is 0.653 bits per heavy atom. The van der Waals surface area contributed by atoms with E-state index in [4.69, 9.17) is 17.2 Å². The van der Waals surface area contributed by atoms with E-state index in [-0.39, 0.29) is 75.0 Å². The number of carboxylic acid groups (broad SMARTS) is 1. The zero-order valence-electron chi connectivity index (χ0n) is 58.0. The number of carbonyl (C=O) groups excluding carboxylic acids is 12. The van der Waals surface area contributed by atoms with Crippen molar-refractivity contribution in [1.82, 2.24) is 62.6 Å². The van der Waals surface area contributed by atoms with Crippen LogP contribution in [0.2, 0.25) is 0 Å². The van der Waals surface area contributed by atoms with Crippen molar-refractivity contribution >= 4 is 108 Å². The number of thiol groups is 2. The van der Waals surface area contributed by atoms with E-state index in [2.05, 4.69) is 78.1 Å². The number of likely N-dealkylation sites (N-methyl/N-ethyl adjacent to an activating group) is 2. The Hall–Kier alpha value is -9.54. The van der Waals surface area contributed by atoms with Crippen LogP contribution < -0.4 is 65.1 Å². The van der Waals surface area contributed by atoms with Gasteiger partial charge in [-0.1, -0.05) is 86.6 Å². The maximum Gasteiger partial charge on any atom is 0.327 e. The van der Waals surface area contributed by atoms with Gasteiger partial charge < -0.3 is 95.1 Å². The Labute approximate surface area is 597 Å². The summed E-state index contributed by atoms with van der Waals surface area (Å²) in [5, 5.41) is 52.9. The molecule has 1 aliphatic heterocycles. The van der Waals surface area contributed by atoms with Crippen molar-refractivity contribution in [1.29, 1.82) is 0 Å². The number of aromatic hydroxyl groups is 1. The second-order valence-electron chi connectivity index (χ2n) is 25.7. The molecule has 0 unspecified atom stereocenters. The van der Waals surface area contributed by atoms with Crippen molar-refractivity contribution in [3.05, 3.63) is 102 Å². The maximum atomic E-state index is 14.4. The van der Waals surface area contributed by atoms with E-state index in [0.29, 0.717) is 29.5 Å². The number of nitrogens with two attached hydrogens (primary N) is 3. The summed E-state index contributed by atoms with van der Waals surface area (Å²) in [7, 11) is 2.64. The number of benzene rings is 3. The minimum absolute atomic E-state index is 0.0270. The molecule has 1 aliphatic rings. The van der Waals surface area contributed by atoms with Crippen LogP contribution in [0.4, 0.5) is 0 Å². The number of hydrogen-bond acceptors (Lipinski definition) is 19.